The summed E-state index contributed by atoms with van der Waals surface area (Å²) in [5, 5.41) is 0. The minimum absolute atomic E-state index is 0.384. The van der Waals surface area contributed by atoms with Gasteiger partial charge in [0.1, 0.15) is 6.04 Å². The van der Waals surface area contributed by atoms with Gasteiger partial charge in [-0.2, -0.15) is 0 Å². The van der Waals surface area contributed by atoms with Gasteiger partial charge in [0, 0.05) is 19.6 Å². The van der Waals surface area contributed by atoms with Crippen LogP contribution >= 0.6 is 0 Å². The van der Waals surface area contributed by atoms with Gasteiger partial charge < -0.3 is 16.4 Å². The van der Waals surface area contributed by atoms with Gasteiger partial charge in [-0.1, -0.05) is 0 Å². The number of hydrogen-bond acceptors (Lipinski definition) is 6. The Kier molecular flexibility index (Phi) is 4.06. The van der Waals surface area contributed by atoms with Gasteiger partial charge in [-0.3, -0.25) is 14.5 Å². The summed E-state index contributed by atoms with van der Waals surface area (Å²) in [6, 6.07) is 2.97. The number of carbonyl (C=O) groups excluding carboxylic acids is 2. The molecule has 6 nitrogen and oxygen atoms in total. The second-order valence-electron chi connectivity index (χ2n) is 5.38. The molecule has 1 heterocycles. The van der Waals surface area contributed by atoms with Crippen LogP contribution in [0, 0.1) is 0 Å². The molecule has 4 N–H and O–H groups in total. The summed E-state index contributed by atoms with van der Waals surface area (Å²) in [7, 11) is 3.94. The third kappa shape index (κ3) is 2.66. The molecule has 1 unspecified atom stereocenters. The molecule has 1 aliphatic rings. The van der Waals surface area contributed by atoms with Crippen molar-refractivity contribution in [2.24, 2.45) is 0 Å². The molecule has 0 aromatic heterocycles. The molecule has 0 saturated heterocycles. The van der Waals surface area contributed by atoms with Crippen molar-refractivity contribution in [2.45, 2.75) is 12.6 Å². The van der Waals surface area contributed by atoms with E-state index in [2.05, 4.69) is 0 Å². The number of fused-ring (bicyclic) bond motifs is 1. The van der Waals surface area contributed by atoms with Crippen LogP contribution in [0.2, 0.25) is 0 Å². The lowest BCUT2D eigenvalue weighted by Crippen LogP contribution is -2.34. The number of benzene rings is 1. The topological polar surface area (TPSA) is 92.7 Å². The molecule has 0 amide bonds. The number of hydrogen-bond donors (Lipinski definition) is 2. The number of nitrogens with zero attached hydrogens (tertiary/aromatic N) is 2. The number of likely N-dealkylation sites (N-methyl/N-ethyl adjacent to an activating group) is 1. The zero-order valence-corrected chi connectivity index (χ0v) is 11.8. The maximum absolute atomic E-state index is 11.9. The van der Waals surface area contributed by atoms with Gasteiger partial charge in [-0.25, -0.2) is 0 Å². The van der Waals surface area contributed by atoms with Crippen LogP contribution < -0.4 is 11.5 Å². The molecule has 1 aromatic carbocycles. The van der Waals surface area contributed by atoms with Crippen LogP contribution in [-0.2, 0) is 16.1 Å². The molecule has 108 valence electrons. The van der Waals surface area contributed by atoms with Gasteiger partial charge in [-0.05, 0) is 37.4 Å². The molecule has 20 heavy (non-hydrogen) atoms. The van der Waals surface area contributed by atoms with Gasteiger partial charge in [0.25, 0.3) is 0 Å². The Morgan fingerprint density at radius 1 is 1.40 bits per heavy atom. The predicted molar refractivity (Wildman–Crippen MR) is 78.0 cm³/mol. The Morgan fingerprint density at radius 2 is 2.05 bits per heavy atom. The van der Waals surface area contributed by atoms with E-state index in [0.717, 1.165) is 17.7 Å². The van der Waals surface area contributed by atoms with Crippen LogP contribution in [0.5, 0.6) is 0 Å². The van der Waals surface area contributed by atoms with Crippen LogP contribution in [0.1, 0.15) is 17.2 Å². The van der Waals surface area contributed by atoms with Crippen molar-refractivity contribution in [3.63, 3.8) is 0 Å². The zero-order chi connectivity index (χ0) is 14.9. The molecule has 1 aliphatic heterocycles. The molecule has 1 atom stereocenters. The molecule has 0 saturated carbocycles. The average molecular weight is 276 g/mol. The molecule has 1 aromatic rings. The summed E-state index contributed by atoms with van der Waals surface area (Å²) < 4.78 is 0. The predicted octanol–water partition coefficient (Wildman–Crippen LogP) is 0.0373. The normalized spacial score (nSPS) is 18.2. The van der Waals surface area contributed by atoms with Gasteiger partial charge in [0.2, 0.25) is 5.78 Å². The number of rotatable bonds is 5. The highest BCUT2D eigenvalue weighted by molar-refractivity contribution is 6.27. The van der Waals surface area contributed by atoms with Crippen molar-refractivity contribution in [3.05, 3.63) is 23.3 Å². The highest BCUT2D eigenvalue weighted by Crippen LogP contribution is 2.37. The first kappa shape index (κ1) is 14.5. The van der Waals surface area contributed by atoms with Crippen LogP contribution in [0.25, 0.3) is 0 Å². The number of nitrogens with two attached hydrogens (primary N) is 2. The van der Waals surface area contributed by atoms with E-state index in [1.165, 1.54) is 0 Å². The fourth-order valence-electron chi connectivity index (χ4n) is 2.53. The van der Waals surface area contributed by atoms with Crippen molar-refractivity contribution in [2.75, 3.05) is 38.7 Å². The summed E-state index contributed by atoms with van der Waals surface area (Å²) in [6.45, 7) is 2.12. The fraction of sp³-hybridized carbons (Fsp3) is 0.429. The number of anilines is 2. The lowest BCUT2D eigenvalue weighted by molar-refractivity contribution is -0.133. The van der Waals surface area contributed by atoms with Gasteiger partial charge in [0.15, 0.2) is 6.29 Å². The van der Waals surface area contributed by atoms with Crippen molar-refractivity contribution in [1.29, 1.82) is 0 Å². The Labute approximate surface area is 118 Å². The highest BCUT2D eigenvalue weighted by atomic mass is 16.2. The Morgan fingerprint density at radius 3 is 2.65 bits per heavy atom. The molecular weight excluding hydrogens is 256 g/mol. The monoisotopic (exact) mass is 276 g/mol. The van der Waals surface area contributed by atoms with Gasteiger partial charge >= 0.3 is 0 Å². The first-order chi connectivity index (χ1) is 9.43. The number of carbonyl (C=O) groups is 2. The number of aldehydes is 1. The van der Waals surface area contributed by atoms with E-state index in [1.807, 2.05) is 23.9 Å². The fourth-order valence-corrected chi connectivity index (χ4v) is 2.53. The summed E-state index contributed by atoms with van der Waals surface area (Å²) in [6.07, 6.45) is 0.384. The van der Waals surface area contributed by atoms with E-state index in [0.29, 0.717) is 30.8 Å². The van der Waals surface area contributed by atoms with Crippen LogP contribution in [-0.4, -0.2) is 49.1 Å². The minimum Gasteiger partial charge on any atom is -0.397 e. The molecule has 0 bridgehead atoms. The van der Waals surface area contributed by atoms with Crippen LogP contribution in [0.4, 0.5) is 11.4 Å². The molecule has 0 spiro atoms. The minimum atomic E-state index is -0.537. The summed E-state index contributed by atoms with van der Waals surface area (Å²) in [5.41, 5.74) is 14.3. The summed E-state index contributed by atoms with van der Waals surface area (Å²) in [4.78, 5) is 26.8. The largest absolute Gasteiger partial charge is 0.397 e. The third-order valence-corrected chi connectivity index (χ3v) is 3.60. The van der Waals surface area contributed by atoms with Crippen LogP contribution in [0.3, 0.4) is 0 Å². The Hall–Kier alpha value is -1.92. The van der Waals surface area contributed by atoms with Crippen molar-refractivity contribution >= 4 is 23.4 Å². The Bertz CT molecular complexity index is 542. The molecule has 2 rings (SSSR count). The van der Waals surface area contributed by atoms with E-state index < -0.39 is 11.8 Å². The number of Topliss-reactive ketones (excluding diaryl/α,β-unsaturated/α-hetero) is 1. The highest BCUT2D eigenvalue weighted by Gasteiger charge is 2.35. The molecule has 0 radical (unpaired) electrons. The lowest BCUT2D eigenvalue weighted by atomic mass is 10.0. The second-order valence-corrected chi connectivity index (χ2v) is 5.38. The smallest absolute Gasteiger partial charge is 0.216 e. The molecule has 6 heteroatoms. The molecular formula is C14H20N4O2. The van der Waals surface area contributed by atoms with Crippen molar-refractivity contribution in [1.82, 2.24) is 9.80 Å². The first-order valence-electron chi connectivity index (χ1n) is 6.49. The standard InChI is InChI=1S/C14H20N4O2/c1-17(2)3-4-18-7-9-5-11(15)12(16)6-10(9)14(18)13(20)8-19/h5-6,8,14H,3-4,7,15-16H2,1-2H3. The quantitative estimate of drug-likeness (QED) is 0.448. The van der Waals surface area contributed by atoms with Crippen LogP contribution in [0.15, 0.2) is 12.1 Å². The first-order valence-corrected chi connectivity index (χ1v) is 6.49. The van der Waals surface area contributed by atoms with Gasteiger partial charge in [-0.15, -0.1) is 0 Å². The summed E-state index contributed by atoms with van der Waals surface area (Å²) >= 11 is 0. The van der Waals surface area contributed by atoms with Gasteiger partial charge in [0.05, 0.1) is 11.4 Å². The van der Waals surface area contributed by atoms with E-state index in [-0.39, 0.29) is 0 Å². The second kappa shape index (κ2) is 5.60. The molecule has 0 fully saturated rings. The number of ketones is 1. The van der Waals surface area contributed by atoms with E-state index in [1.54, 1.807) is 12.1 Å². The SMILES string of the molecule is CN(C)CCN1Cc2cc(N)c(N)cc2C1C(=O)C=O. The zero-order valence-electron chi connectivity index (χ0n) is 11.8. The average Bonchev–Trinajstić information content (AvgIpc) is 2.73. The molecule has 0 aliphatic carbocycles. The van der Waals surface area contributed by atoms with E-state index >= 15 is 0 Å². The maximum atomic E-state index is 11.9. The van der Waals surface area contributed by atoms with E-state index in [9.17, 15) is 9.59 Å². The third-order valence-electron chi connectivity index (χ3n) is 3.60. The number of nitrogen functional groups attached to an aromatic ring is 2. The van der Waals surface area contributed by atoms with E-state index in [4.69, 9.17) is 11.5 Å². The lowest BCUT2D eigenvalue weighted by Gasteiger charge is -2.24. The Balaban J connectivity index is 2.33. The van der Waals surface area contributed by atoms with Crippen molar-refractivity contribution in [3.8, 4) is 0 Å². The summed E-state index contributed by atoms with van der Waals surface area (Å²) in [5.74, 6) is -0.438. The maximum Gasteiger partial charge on any atom is 0.216 e. The van der Waals surface area contributed by atoms with Crippen molar-refractivity contribution < 1.29 is 9.59 Å².